The van der Waals surface area contributed by atoms with Crippen LogP contribution in [0.15, 0.2) is 0 Å². The van der Waals surface area contributed by atoms with Gasteiger partial charge >= 0.3 is 11.9 Å². The Morgan fingerprint density at radius 2 is 0.903 bits per heavy atom. The fourth-order valence-corrected chi connectivity index (χ4v) is 6.32. The smallest absolute Gasteiger partial charge is 0.326 e. The maximum absolute atomic E-state index is 12.3. The second kappa shape index (κ2) is 44.0. The monoisotopic (exact) mass is 886 g/mol. The minimum atomic E-state index is -1.18. The van der Waals surface area contributed by atoms with E-state index in [4.69, 9.17) is 24.1 Å². The maximum Gasteiger partial charge on any atom is 0.326 e. The van der Waals surface area contributed by atoms with Gasteiger partial charge < -0.3 is 60.4 Å². The van der Waals surface area contributed by atoms with Crippen molar-refractivity contribution in [1.29, 1.82) is 0 Å². The molecule has 0 heterocycles. The predicted octanol–water partition coefficient (Wildman–Crippen LogP) is 2.73. The van der Waals surface area contributed by atoms with Crippen LogP contribution in [0.4, 0.5) is 0 Å². The summed E-state index contributed by atoms with van der Waals surface area (Å²) in [7, 11) is 1.73. The molecule has 62 heavy (non-hydrogen) atoms. The van der Waals surface area contributed by atoms with Gasteiger partial charge in [0.2, 0.25) is 23.6 Å². The molecule has 2 unspecified atom stereocenters. The number of carboxylic acids is 2. The number of aldehydes is 1. The van der Waals surface area contributed by atoms with E-state index >= 15 is 0 Å². The molecule has 0 aromatic carbocycles. The largest absolute Gasteiger partial charge is 0.481 e. The lowest BCUT2D eigenvalue weighted by atomic mass is 10.0. The molecular weight excluding hydrogens is 805 g/mol. The molecule has 0 rings (SSSR count). The first kappa shape index (κ1) is 58.4. The number of carboxylic acid groups (broad SMARTS) is 2. The minimum absolute atomic E-state index is 0.0222. The Bertz CT molecular complexity index is 1190. The number of aliphatic carboxylic acids is 2. The lowest BCUT2D eigenvalue weighted by Gasteiger charge is -2.14. The van der Waals surface area contributed by atoms with Crippen LogP contribution in [0, 0.1) is 0 Å². The third kappa shape index (κ3) is 41.7. The first-order valence-electron chi connectivity index (χ1n) is 23.1. The van der Waals surface area contributed by atoms with Gasteiger partial charge in [0.15, 0.2) is 7.98 Å². The Morgan fingerprint density at radius 1 is 0.468 bits per heavy atom. The number of carbonyl (C=O) groups excluding carboxylic acids is 5. The fraction of sp³-hybridized carbons (Fsp3) is 0.837. The summed E-state index contributed by atoms with van der Waals surface area (Å²) in [6.45, 7) is 2.13. The van der Waals surface area contributed by atoms with Gasteiger partial charge in [0.25, 0.3) is 0 Å². The molecule has 0 saturated carbocycles. The van der Waals surface area contributed by atoms with Crippen molar-refractivity contribution >= 4 is 49.8 Å². The van der Waals surface area contributed by atoms with E-state index in [0.717, 1.165) is 64.1 Å². The van der Waals surface area contributed by atoms with Gasteiger partial charge in [-0.1, -0.05) is 89.9 Å². The second-order valence-corrected chi connectivity index (χ2v) is 15.5. The van der Waals surface area contributed by atoms with Crippen LogP contribution in [-0.2, 0) is 52.5 Å². The first-order chi connectivity index (χ1) is 30.1. The normalized spacial score (nSPS) is 12.0. The molecule has 0 fully saturated rings. The van der Waals surface area contributed by atoms with E-state index in [1.807, 2.05) is 0 Å². The van der Waals surface area contributed by atoms with Crippen molar-refractivity contribution in [3.05, 3.63) is 0 Å². The van der Waals surface area contributed by atoms with Crippen molar-refractivity contribution < 1.29 is 62.7 Å². The molecule has 19 heteroatoms. The van der Waals surface area contributed by atoms with Crippen LogP contribution >= 0.6 is 0 Å². The van der Waals surface area contributed by atoms with E-state index in [2.05, 4.69) is 26.5 Å². The zero-order chi connectivity index (χ0) is 45.7. The van der Waals surface area contributed by atoms with Gasteiger partial charge in [-0.3, -0.25) is 24.0 Å². The zero-order valence-electron chi connectivity index (χ0n) is 37.7. The number of rotatable bonds is 47. The van der Waals surface area contributed by atoms with Gasteiger partial charge in [-0.25, -0.2) is 4.79 Å². The fourth-order valence-electron chi connectivity index (χ4n) is 6.32. The van der Waals surface area contributed by atoms with Crippen LogP contribution < -0.4 is 26.5 Å². The summed E-state index contributed by atoms with van der Waals surface area (Å²) in [5.74, 6) is -3.09. The van der Waals surface area contributed by atoms with Crippen LogP contribution in [0.2, 0.25) is 0 Å². The number of nitrogens with one attached hydrogen (secondary N) is 5. The second-order valence-electron chi connectivity index (χ2n) is 15.5. The van der Waals surface area contributed by atoms with Gasteiger partial charge in [0.05, 0.1) is 45.7 Å². The molecule has 0 spiro atoms. The molecule has 358 valence electrons. The molecule has 0 aromatic heterocycles. The topological polar surface area (TPSA) is 257 Å². The van der Waals surface area contributed by atoms with Crippen molar-refractivity contribution in [1.82, 2.24) is 26.5 Å². The van der Waals surface area contributed by atoms with Gasteiger partial charge in [-0.15, -0.1) is 0 Å². The van der Waals surface area contributed by atoms with Gasteiger partial charge in [-0.05, 0) is 38.5 Å². The number of amides is 4. The van der Waals surface area contributed by atoms with Crippen molar-refractivity contribution in [2.24, 2.45) is 0 Å². The highest BCUT2D eigenvalue weighted by atomic mass is 16.5. The highest BCUT2D eigenvalue weighted by Gasteiger charge is 2.21. The van der Waals surface area contributed by atoms with Gasteiger partial charge in [0, 0.05) is 38.9 Å². The minimum Gasteiger partial charge on any atom is -0.481 e. The molecule has 2 atom stereocenters. The van der Waals surface area contributed by atoms with Crippen molar-refractivity contribution in [3.8, 4) is 0 Å². The average Bonchev–Trinajstić information content (AvgIpc) is 3.24. The maximum atomic E-state index is 12.3. The summed E-state index contributed by atoms with van der Waals surface area (Å²) in [5, 5.41) is 31.7. The number of carbonyl (C=O) groups is 7. The molecule has 0 aliphatic rings. The summed E-state index contributed by atoms with van der Waals surface area (Å²) in [4.78, 5) is 81.2. The van der Waals surface area contributed by atoms with E-state index < -0.39 is 18.0 Å². The summed E-state index contributed by atoms with van der Waals surface area (Å²) < 4.78 is 21.3. The number of ether oxygens (including phenoxy) is 4. The van der Waals surface area contributed by atoms with E-state index in [0.29, 0.717) is 13.0 Å². The van der Waals surface area contributed by atoms with Crippen molar-refractivity contribution in [2.45, 2.75) is 160 Å². The Balaban J connectivity index is 3.63. The molecule has 0 aliphatic heterocycles. The Hall–Kier alpha value is -3.65. The summed E-state index contributed by atoms with van der Waals surface area (Å²) in [6, 6.07) is -1.30. The SMILES string of the molecule is BNC(C=O)CCCCNC(=O)COCCOCCNC(=O)COCCOCCNC(=O)CCC(NC(=O)CCCCCCCCCCCCCCCCCCC(=O)O)C(=O)O. The van der Waals surface area contributed by atoms with Crippen LogP contribution in [0.25, 0.3) is 0 Å². The first-order valence-corrected chi connectivity index (χ1v) is 23.1. The molecule has 4 amide bonds. The third-order valence-corrected chi connectivity index (χ3v) is 9.98. The van der Waals surface area contributed by atoms with Crippen LogP contribution in [0.5, 0.6) is 0 Å². The zero-order valence-corrected chi connectivity index (χ0v) is 37.7. The summed E-state index contributed by atoms with van der Waals surface area (Å²) >= 11 is 0. The molecule has 0 bridgehead atoms. The number of hydrogen-bond donors (Lipinski definition) is 7. The van der Waals surface area contributed by atoms with E-state index in [9.17, 15) is 38.7 Å². The Morgan fingerprint density at radius 3 is 1.35 bits per heavy atom. The van der Waals surface area contributed by atoms with Crippen molar-refractivity contribution in [2.75, 3.05) is 72.5 Å². The number of hydrogen-bond acceptors (Lipinski definition) is 12. The molecule has 7 N–H and O–H groups in total. The molecule has 0 aromatic rings. The Kier molecular flexibility index (Phi) is 41.4. The summed E-state index contributed by atoms with van der Waals surface area (Å²) in [6.07, 6.45) is 21.5. The number of unbranched alkanes of at least 4 members (excludes halogenated alkanes) is 16. The van der Waals surface area contributed by atoms with E-state index in [1.165, 1.54) is 57.8 Å². The predicted molar refractivity (Wildman–Crippen MR) is 237 cm³/mol. The van der Waals surface area contributed by atoms with Crippen LogP contribution in [0.1, 0.15) is 148 Å². The van der Waals surface area contributed by atoms with Crippen LogP contribution in [0.3, 0.4) is 0 Å². The van der Waals surface area contributed by atoms with E-state index in [1.54, 1.807) is 7.98 Å². The highest BCUT2D eigenvalue weighted by Crippen LogP contribution is 2.14. The lowest BCUT2D eigenvalue weighted by Crippen LogP contribution is -2.41. The van der Waals surface area contributed by atoms with Gasteiger partial charge in [-0.2, -0.15) is 0 Å². The summed E-state index contributed by atoms with van der Waals surface area (Å²) in [5.41, 5.74) is 0. The molecule has 0 aliphatic carbocycles. The molecule has 0 radical (unpaired) electrons. The Labute approximate surface area is 370 Å². The van der Waals surface area contributed by atoms with Crippen LogP contribution in [-0.4, -0.2) is 145 Å². The standard InChI is InChI=1S/C43H80BN5O13/c44-49-36(33-50)19-17-18-24-45-40(53)34-61-31-30-60-28-26-47-41(54)35-62-32-29-59-27-25-46-38(51)23-22-37(43(57)58)48-39(52)20-15-13-11-9-7-5-3-1-2-4-6-8-10-12-14-16-21-42(55)56/h33,36-37,49H,1-32,34-35,44H2,(H,45,53)(H,46,51)(H,47,54)(H,48,52)(H,55,56)(H,57,58). The molecular formula is C43H80BN5O13. The lowest BCUT2D eigenvalue weighted by molar-refractivity contribution is -0.142. The molecule has 18 nitrogen and oxygen atoms in total. The van der Waals surface area contributed by atoms with Gasteiger partial charge in [0.1, 0.15) is 25.5 Å². The van der Waals surface area contributed by atoms with Crippen molar-refractivity contribution in [3.63, 3.8) is 0 Å². The molecule has 0 saturated heterocycles. The third-order valence-electron chi connectivity index (χ3n) is 9.98. The van der Waals surface area contributed by atoms with E-state index in [-0.39, 0.29) is 121 Å². The highest BCUT2D eigenvalue weighted by molar-refractivity contribution is 6.05. The average molecular weight is 886 g/mol. The quantitative estimate of drug-likeness (QED) is 0.0264.